The maximum atomic E-state index is 11.2. The Hall–Kier alpha value is -1.12. The van der Waals surface area contributed by atoms with Gasteiger partial charge in [-0.05, 0) is 19.8 Å². The highest BCUT2D eigenvalue weighted by Gasteiger charge is 2.07. The van der Waals surface area contributed by atoms with Crippen LogP contribution >= 0.6 is 0 Å². The van der Waals surface area contributed by atoms with E-state index in [2.05, 4.69) is 6.58 Å². The lowest BCUT2D eigenvalue weighted by Gasteiger charge is -2.05. The van der Waals surface area contributed by atoms with Crippen LogP contribution in [0.3, 0.4) is 0 Å². The minimum Gasteiger partial charge on any atom is -0.462 e. The van der Waals surface area contributed by atoms with Gasteiger partial charge in [0.15, 0.2) is 0 Å². The fourth-order valence-electron chi connectivity index (χ4n) is 0.978. The van der Waals surface area contributed by atoms with Crippen LogP contribution in [0.4, 0.5) is 0 Å². The predicted molar refractivity (Wildman–Crippen MR) is 59.5 cm³/mol. The lowest BCUT2D eigenvalue weighted by Crippen LogP contribution is -2.09. The molecule has 0 spiro atoms. The SMILES string of the molecule is C=C(C)C(=O)OCCCCC(=O)C(C)C. The van der Waals surface area contributed by atoms with E-state index >= 15 is 0 Å². The van der Waals surface area contributed by atoms with E-state index in [0.29, 0.717) is 18.6 Å². The number of ether oxygens (including phenoxy) is 1. The zero-order chi connectivity index (χ0) is 11.8. The minimum atomic E-state index is -0.356. The Kier molecular flexibility index (Phi) is 6.67. The van der Waals surface area contributed by atoms with Crippen LogP contribution in [0.25, 0.3) is 0 Å². The molecule has 3 heteroatoms. The van der Waals surface area contributed by atoms with Crippen molar-refractivity contribution < 1.29 is 14.3 Å². The Labute approximate surface area is 91.5 Å². The van der Waals surface area contributed by atoms with Crippen molar-refractivity contribution in [2.75, 3.05) is 6.61 Å². The molecule has 0 atom stereocenters. The molecule has 0 rings (SSSR count). The van der Waals surface area contributed by atoms with Crippen molar-refractivity contribution in [1.82, 2.24) is 0 Å². The van der Waals surface area contributed by atoms with E-state index < -0.39 is 0 Å². The van der Waals surface area contributed by atoms with Gasteiger partial charge < -0.3 is 4.74 Å². The van der Waals surface area contributed by atoms with Gasteiger partial charge in [0.25, 0.3) is 0 Å². The van der Waals surface area contributed by atoms with Gasteiger partial charge in [-0.3, -0.25) is 4.79 Å². The number of carbonyl (C=O) groups excluding carboxylic acids is 2. The second kappa shape index (κ2) is 7.21. The van der Waals surface area contributed by atoms with Crippen molar-refractivity contribution >= 4 is 11.8 Å². The molecule has 3 nitrogen and oxygen atoms in total. The summed E-state index contributed by atoms with van der Waals surface area (Å²) in [6.07, 6.45) is 2.08. The second-order valence-corrected chi connectivity index (χ2v) is 3.99. The van der Waals surface area contributed by atoms with Gasteiger partial charge in [0.1, 0.15) is 5.78 Å². The van der Waals surface area contributed by atoms with Crippen molar-refractivity contribution in [2.45, 2.75) is 40.0 Å². The molecule has 0 unspecified atom stereocenters. The minimum absolute atomic E-state index is 0.1000. The molecule has 0 fully saturated rings. The van der Waals surface area contributed by atoms with Crippen LogP contribution in [-0.2, 0) is 14.3 Å². The van der Waals surface area contributed by atoms with Crippen LogP contribution in [0, 0.1) is 5.92 Å². The Morgan fingerprint density at radius 1 is 1.27 bits per heavy atom. The summed E-state index contributed by atoms with van der Waals surface area (Å²) in [6, 6.07) is 0. The average molecular weight is 212 g/mol. The average Bonchev–Trinajstić information content (AvgIpc) is 2.16. The fraction of sp³-hybridized carbons (Fsp3) is 0.667. The number of unbranched alkanes of at least 4 members (excludes halogenated alkanes) is 1. The molecule has 0 radical (unpaired) electrons. The van der Waals surface area contributed by atoms with Crippen molar-refractivity contribution in [3.05, 3.63) is 12.2 Å². The number of rotatable bonds is 7. The van der Waals surface area contributed by atoms with Crippen molar-refractivity contribution in [2.24, 2.45) is 5.92 Å². The molecule has 0 amide bonds. The van der Waals surface area contributed by atoms with E-state index in [0.717, 1.165) is 12.8 Å². The third-order valence-electron chi connectivity index (χ3n) is 2.04. The number of hydrogen-bond acceptors (Lipinski definition) is 3. The highest BCUT2D eigenvalue weighted by Crippen LogP contribution is 2.04. The standard InChI is InChI=1S/C12H20O3/c1-9(2)11(13)7-5-6-8-15-12(14)10(3)4/h9H,3,5-8H2,1-2,4H3. The van der Waals surface area contributed by atoms with Crippen LogP contribution in [0.2, 0.25) is 0 Å². The molecule has 0 bridgehead atoms. The Balaban J connectivity index is 3.44. The van der Waals surface area contributed by atoms with Gasteiger partial charge in [-0.15, -0.1) is 0 Å². The first kappa shape index (κ1) is 13.9. The molecule has 86 valence electrons. The summed E-state index contributed by atoms with van der Waals surface area (Å²) >= 11 is 0. The molecular weight excluding hydrogens is 192 g/mol. The van der Waals surface area contributed by atoms with Crippen LogP contribution in [0.5, 0.6) is 0 Å². The van der Waals surface area contributed by atoms with Gasteiger partial charge >= 0.3 is 5.97 Å². The van der Waals surface area contributed by atoms with E-state index in [1.807, 2.05) is 13.8 Å². The third kappa shape index (κ3) is 6.89. The van der Waals surface area contributed by atoms with Gasteiger partial charge in [-0.2, -0.15) is 0 Å². The molecule has 0 aliphatic carbocycles. The van der Waals surface area contributed by atoms with Gasteiger partial charge in [0.2, 0.25) is 0 Å². The van der Waals surface area contributed by atoms with E-state index in [9.17, 15) is 9.59 Å². The number of carbonyl (C=O) groups is 2. The van der Waals surface area contributed by atoms with Crippen molar-refractivity contribution in [1.29, 1.82) is 0 Å². The Bertz CT molecular complexity index is 241. The van der Waals surface area contributed by atoms with Gasteiger partial charge in [-0.25, -0.2) is 4.79 Å². The monoisotopic (exact) mass is 212 g/mol. The van der Waals surface area contributed by atoms with Crippen LogP contribution < -0.4 is 0 Å². The van der Waals surface area contributed by atoms with Gasteiger partial charge in [0, 0.05) is 17.9 Å². The molecule has 0 saturated heterocycles. The van der Waals surface area contributed by atoms with Gasteiger partial charge in [0.05, 0.1) is 6.61 Å². The molecule has 0 aromatic carbocycles. The molecule has 0 saturated carbocycles. The third-order valence-corrected chi connectivity index (χ3v) is 2.04. The Morgan fingerprint density at radius 2 is 1.87 bits per heavy atom. The first-order valence-electron chi connectivity index (χ1n) is 5.30. The molecule has 0 aromatic heterocycles. The lowest BCUT2D eigenvalue weighted by atomic mass is 10.0. The summed E-state index contributed by atoms with van der Waals surface area (Å²) in [5, 5.41) is 0. The summed E-state index contributed by atoms with van der Waals surface area (Å²) in [4.78, 5) is 22.2. The largest absolute Gasteiger partial charge is 0.462 e. The first-order valence-corrected chi connectivity index (χ1v) is 5.30. The van der Waals surface area contributed by atoms with E-state index in [1.54, 1.807) is 6.92 Å². The second-order valence-electron chi connectivity index (χ2n) is 3.99. The van der Waals surface area contributed by atoms with E-state index in [4.69, 9.17) is 4.74 Å². The van der Waals surface area contributed by atoms with Crippen molar-refractivity contribution in [3.8, 4) is 0 Å². The molecule has 0 N–H and O–H groups in total. The highest BCUT2D eigenvalue weighted by atomic mass is 16.5. The van der Waals surface area contributed by atoms with Crippen LogP contribution in [-0.4, -0.2) is 18.4 Å². The maximum Gasteiger partial charge on any atom is 0.333 e. The highest BCUT2D eigenvalue weighted by molar-refractivity contribution is 5.86. The zero-order valence-corrected chi connectivity index (χ0v) is 9.84. The fourth-order valence-corrected chi connectivity index (χ4v) is 0.978. The summed E-state index contributed by atoms with van der Waals surface area (Å²) in [6.45, 7) is 9.25. The summed E-state index contributed by atoms with van der Waals surface area (Å²) in [7, 11) is 0. The normalized spacial score (nSPS) is 10.1. The van der Waals surface area contributed by atoms with Crippen LogP contribution in [0.1, 0.15) is 40.0 Å². The van der Waals surface area contributed by atoms with E-state index in [-0.39, 0.29) is 17.7 Å². The zero-order valence-electron chi connectivity index (χ0n) is 9.84. The molecule has 0 aliphatic heterocycles. The number of esters is 1. The molecule has 0 heterocycles. The molecule has 0 aliphatic rings. The summed E-state index contributed by atoms with van der Waals surface area (Å²) in [5.41, 5.74) is 0.410. The summed E-state index contributed by atoms with van der Waals surface area (Å²) in [5.74, 6) is 0.00869. The Morgan fingerprint density at radius 3 is 2.33 bits per heavy atom. The van der Waals surface area contributed by atoms with Crippen LogP contribution in [0.15, 0.2) is 12.2 Å². The maximum absolute atomic E-state index is 11.2. The molecule has 15 heavy (non-hydrogen) atoms. The van der Waals surface area contributed by atoms with E-state index in [1.165, 1.54) is 0 Å². The van der Waals surface area contributed by atoms with Crippen molar-refractivity contribution in [3.63, 3.8) is 0 Å². The number of Topliss-reactive ketones (excluding diaryl/α,β-unsaturated/α-hetero) is 1. The smallest absolute Gasteiger partial charge is 0.333 e. The van der Waals surface area contributed by atoms with Gasteiger partial charge in [-0.1, -0.05) is 20.4 Å². The summed E-state index contributed by atoms with van der Waals surface area (Å²) < 4.78 is 4.90. The lowest BCUT2D eigenvalue weighted by molar-refractivity contribution is -0.139. The molecule has 0 aromatic rings. The number of hydrogen-bond donors (Lipinski definition) is 0. The first-order chi connectivity index (χ1) is 6.95. The predicted octanol–water partition coefficient (Wildman–Crippen LogP) is 2.50. The number of ketones is 1. The topological polar surface area (TPSA) is 43.4 Å². The quantitative estimate of drug-likeness (QED) is 0.370. The molecular formula is C12H20O3.